The molecular weight excluding hydrogens is 588 g/mol. The number of nitrogens with one attached hydrogen (secondary N) is 2. The maximum Gasteiger partial charge on any atom is 0.160 e. The second-order valence-electron chi connectivity index (χ2n) is 8.50. The molecule has 0 spiro atoms. The Kier molecular flexibility index (Phi) is 20.7. The van der Waals surface area contributed by atoms with Gasteiger partial charge in [0.2, 0.25) is 0 Å². The predicted molar refractivity (Wildman–Crippen MR) is 161 cm³/mol. The Balaban J connectivity index is 0.00000612. The third-order valence-electron chi connectivity index (χ3n) is 6.03. The monoisotopic (exact) mass is 632 g/mol. The number of hydrogen-bond acceptors (Lipinski definition) is 6. The molecule has 2 aromatic rings. The number of hydrogen-bond donors (Lipinski definition) is 2. The molecule has 0 aliphatic heterocycles. The molecule has 0 radical (unpaired) electrons. The van der Waals surface area contributed by atoms with Crippen molar-refractivity contribution in [3.63, 3.8) is 0 Å². The first-order valence-electron chi connectivity index (χ1n) is 12.5. The molecule has 2 rings (SSSR count). The van der Waals surface area contributed by atoms with Crippen LogP contribution < -0.4 is 29.6 Å². The fourth-order valence-electron chi connectivity index (χ4n) is 3.99. The van der Waals surface area contributed by atoms with Crippen LogP contribution in [0.2, 0.25) is 0 Å². The van der Waals surface area contributed by atoms with E-state index >= 15 is 0 Å². The van der Waals surface area contributed by atoms with Crippen molar-refractivity contribution >= 4 is 34.0 Å². The van der Waals surface area contributed by atoms with Crippen molar-refractivity contribution in [3.05, 3.63) is 47.5 Å². The normalized spacial score (nSPS) is 10.2. The summed E-state index contributed by atoms with van der Waals surface area (Å²) >= 11 is 0. The molecule has 0 unspecified atom stereocenters. The Bertz CT molecular complexity index is 757. The largest absolute Gasteiger partial charge is 0.493 e. The van der Waals surface area contributed by atoms with E-state index in [1.54, 1.807) is 28.4 Å². The van der Waals surface area contributed by atoms with Crippen molar-refractivity contribution in [2.24, 2.45) is 0 Å². The SMILES string of the molecule is Br.Br.COc1ccc(CCNCCCCCCCCNCCc2ccc(OC)c(OC)c2)cc1OC. The van der Waals surface area contributed by atoms with Gasteiger partial charge in [-0.1, -0.05) is 37.8 Å². The molecule has 206 valence electrons. The van der Waals surface area contributed by atoms with Gasteiger partial charge in [-0.25, -0.2) is 0 Å². The van der Waals surface area contributed by atoms with Crippen LogP contribution in [-0.2, 0) is 12.8 Å². The Labute approximate surface area is 239 Å². The van der Waals surface area contributed by atoms with Crippen molar-refractivity contribution in [1.82, 2.24) is 10.6 Å². The fourth-order valence-corrected chi connectivity index (χ4v) is 3.99. The van der Waals surface area contributed by atoms with E-state index in [0.717, 1.165) is 62.0 Å². The van der Waals surface area contributed by atoms with E-state index < -0.39 is 0 Å². The van der Waals surface area contributed by atoms with E-state index in [1.165, 1.54) is 49.7 Å². The van der Waals surface area contributed by atoms with Crippen molar-refractivity contribution in [2.75, 3.05) is 54.6 Å². The first-order chi connectivity index (χ1) is 16.7. The summed E-state index contributed by atoms with van der Waals surface area (Å²) in [6, 6.07) is 12.3. The van der Waals surface area contributed by atoms with Crippen LogP contribution in [0, 0.1) is 0 Å². The molecule has 8 heteroatoms. The van der Waals surface area contributed by atoms with Gasteiger partial charge >= 0.3 is 0 Å². The quantitative estimate of drug-likeness (QED) is 0.180. The van der Waals surface area contributed by atoms with Crippen molar-refractivity contribution in [2.45, 2.75) is 51.4 Å². The lowest BCUT2D eigenvalue weighted by Crippen LogP contribution is -2.18. The molecule has 0 atom stereocenters. The molecule has 2 N–H and O–H groups in total. The second kappa shape index (κ2) is 21.6. The molecule has 0 saturated carbocycles. The highest BCUT2D eigenvalue weighted by Crippen LogP contribution is 2.28. The Morgan fingerprint density at radius 2 is 0.833 bits per heavy atom. The molecule has 0 saturated heterocycles. The van der Waals surface area contributed by atoms with Gasteiger partial charge < -0.3 is 29.6 Å². The van der Waals surface area contributed by atoms with Crippen molar-refractivity contribution in [1.29, 1.82) is 0 Å². The highest BCUT2D eigenvalue weighted by Gasteiger charge is 2.05. The highest BCUT2D eigenvalue weighted by atomic mass is 79.9. The summed E-state index contributed by atoms with van der Waals surface area (Å²) in [7, 11) is 6.69. The Morgan fingerprint density at radius 3 is 1.19 bits per heavy atom. The minimum atomic E-state index is 0. The molecule has 0 aromatic heterocycles. The van der Waals surface area contributed by atoms with Crippen LogP contribution in [0.3, 0.4) is 0 Å². The van der Waals surface area contributed by atoms with Gasteiger partial charge in [0.05, 0.1) is 28.4 Å². The summed E-state index contributed by atoms with van der Waals surface area (Å²) in [4.78, 5) is 0. The van der Waals surface area contributed by atoms with E-state index in [1.807, 2.05) is 12.1 Å². The summed E-state index contributed by atoms with van der Waals surface area (Å²) < 4.78 is 21.3. The second-order valence-corrected chi connectivity index (χ2v) is 8.50. The van der Waals surface area contributed by atoms with Gasteiger partial charge in [0, 0.05) is 0 Å². The molecular formula is C28H46Br2N2O4. The first kappa shape index (κ1) is 34.5. The van der Waals surface area contributed by atoms with Crippen LogP contribution in [0.4, 0.5) is 0 Å². The van der Waals surface area contributed by atoms with Crippen LogP contribution in [0.15, 0.2) is 36.4 Å². The van der Waals surface area contributed by atoms with Crippen molar-refractivity contribution in [3.8, 4) is 23.0 Å². The molecule has 0 aliphatic carbocycles. The van der Waals surface area contributed by atoms with Crippen molar-refractivity contribution < 1.29 is 18.9 Å². The number of methoxy groups -OCH3 is 4. The molecule has 36 heavy (non-hydrogen) atoms. The van der Waals surface area contributed by atoms with Gasteiger partial charge in [0.1, 0.15) is 0 Å². The summed E-state index contributed by atoms with van der Waals surface area (Å²) in [5.41, 5.74) is 2.53. The zero-order valence-corrected chi connectivity index (χ0v) is 25.8. The van der Waals surface area contributed by atoms with Gasteiger partial charge in [-0.3, -0.25) is 0 Å². The number of ether oxygens (including phenoxy) is 4. The summed E-state index contributed by atoms with van der Waals surface area (Å²) in [6.45, 7) is 4.16. The summed E-state index contributed by atoms with van der Waals surface area (Å²) in [5.74, 6) is 3.16. The number of benzene rings is 2. The number of rotatable bonds is 19. The Hall–Kier alpha value is -1.48. The standard InChI is InChI=1S/C28H44N2O4.2BrH/c1-31-25-13-11-23(21-27(25)33-3)15-19-29-17-9-7-5-6-8-10-18-30-20-16-24-12-14-26(32-2)28(22-24)34-4;;/h11-14,21-22,29-30H,5-10,15-20H2,1-4H3;2*1H. The third kappa shape index (κ3) is 13.2. The lowest BCUT2D eigenvalue weighted by atomic mass is 10.1. The molecule has 0 heterocycles. The van der Waals surface area contributed by atoms with Crippen LogP contribution in [0.1, 0.15) is 49.7 Å². The van der Waals surface area contributed by atoms with Gasteiger partial charge in [-0.15, -0.1) is 34.0 Å². The van der Waals surface area contributed by atoms with Crippen LogP contribution in [-0.4, -0.2) is 54.6 Å². The van der Waals surface area contributed by atoms with Crippen LogP contribution in [0.5, 0.6) is 23.0 Å². The molecule has 0 amide bonds. The van der Waals surface area contributed by atoms with E-state index in [9.17, 15) is 0 Å². The van der Waals surface area contributed by atoms with Gasteiger partial charge in [-0.2, -0.15) is 0 Å². The summed E-state index contributed by atoms with van der Waals surface area (Å²) in [5, 5.41) is 7.11. The maximum absolute atomic E-state index is 5.37. The average molecular weight is 634 g/mol. The predicted octanol–water partition coefficient (Wildman–Crippen LogP) is 6.18. The van der Waals surface area contributed by atoms with E-state index in [0.29, 0.717) is 0 Å². The molecule has 0 bridgehead atoms. The highest BCUT2D eigenvalue weighted by molar-refractivity contribution is 8.93. The number of halogens is 2. The van der Waals surface area contributed by atoms with Gasteiger partial charge in [0.25, 0.3) is 0 Å². The Morgan fingerprint density at radius 1 is 0.472 bits per heavy atom. The zero-order chi connectivity index (χ0) is 24.4. The van der Waals surface area contributed by atoms with E-state index in [2.05, 4.69) is 34.9 Å². The molecule has 6 nitrogen and oxygen atoms in total. The van der Waals surface area contributed by atoms with Gasteiger partial charge in [0.15, 0.2) is 23.0 Å². The zero-order valence-electron chi connectivity index (χ0n) is 22.4. The smallest absolute Gasteiger partial charge is 0.160 e. The third-order valence-corrected chi connectivity index (χ3v) is 6.03. The van der Waals surface area contributed by atoms with E-state index in [-0.39, 0.29) is 34.0 Å². The number of unbranched alkanes of at least 4 members (excludes halogenated alkanes) is 5. The van der Waals surface area contributed by atoms with Gasteiger partial charge in [-0.05, 0) is 87.3 Å². The maximum atomic E-state index is 5.37. The molecule has 2 aromatic carbocycles. The molecule has 0 fully saturated rings. The lowest BCUT2D eigenvalue weighted by molar-refractivity contribution is 0.354. The topological polar surface area (TPSA) is 61.0 Å². The molecule has 0 aliphatic rings. The van der Waals surface area contributed by atoms with E-state index in [4.69, 9.17) is 18.9 Å². The van der Waals surface area contributed by atoms with Crippen LogP contribution in [0.25, 0.3) is 0 Å². The minimum absolute atomic E-state index is 0. The minimum Gasteiger partial charge on any atom is -0.493 e. The fraction of sp³-hybridized carbons (Fsp3) is 0.571. The first-order valence-corrected chi connectivity index (χ1v) is 12.5. The summed E-state index contributed by atoms with van der Waals surface area (Å²) in [6.07, 6.45) is 9.74. The van der Waals surface area contributed by atoms with Crippen LogP contribution >= 0.6 is 34.0 Å². The average Bonchev–Trinajstić information content (AvgIpc) is 2.88. The lowest BCUT2D eigenvalue weighted by Gasteiger charge is -2.10.